The zero-order valence-electron chi connectivity index (χ0n) is 10.7. The highest BCUT2D eigenvalue weighted by atomic mass is 14.9. The van der Waals surface area contributed by atoms with Gasteiger partial charge in [0.1, 0.15) is 0 Å². The van der Waals surface area contributed by atoms with Crippen LogP contribution in [0.5, 0.6) is 0 Å². The summed E-state index contributed by atoms with van der Waals surface area (Å²) in [6.07, 6.45) is 0. The van der Waals surface area contributed by atoms with Crippen molar-refractivity contribution in [1.82, 2.24) is 10.3 Å². The monoisotopic (exact) mass is 248 g/mol. The van der Waals surface area contributed by atoms with E-state index in [1.807, 2.05) is 0 Å². The van der Waals surface area contributed by atoms with Crippen molar-refractivity contribution in [1.29, 1.82) is 0 Å². The molecule has 94 valence electrons. The van der Waals surface area contributed by atoms with E-state index in [1.54, 1.807) is 0 Å². The maximum Gasteiger partial charge on any atom is 0.0456 e. The molecule has 4 rings (SSSR count). The average molecular weight is 248 g/mol. The lowest BCUT2D eigenvalue weighted by Gasteiger charge is -2.25. The predicted octanol–water partition coefficient (Wildman–Crippen LogP) is 3.40. The van der Waals surface area contributed by atoms with Crippen molar-refractivity contribution in [3.8, 4) is 0 Å². The molecule has 1 unspecified atom stereocenters. The first kappa shape index (κ1) is 10.8. The third-order valence-electron chi connectivity index (χ3n) is 4.02. The van der Waals surface area contributed by atoms with Gasteiger partial charge in [0.15, 0.2) is 0 Å². The highest BCUT2D eigenvalue weighted by Gasteiger charge is 2.22. The molecule has 3 aromatic rings. The Morgan fingerprint density at radius 1 is 0.947 bits per heavy atom. The fraction of sp³-hybridized carbons (Fsp3) is 0.176. The molecule has 2 nitrogen and oxygen atoms in total. The van der Waals surface area contributed by atoms with Crippen molar-refractivity contribution < 1.29 is 0 Å². The molecule has 0 aliphatic carbocycles. The van der Waals surface area contributed by atoms with Crippen LogP contribution in [0, 0.1) is 0 Å². The van der Waals surface area contributed by atoms with Crippen LogP contribution in [0.2, 0.25) is 0 Å². The SMILES string of the molecule is c1ccc2c(c1)CNCC2c1cc2ccccc2[nH]1. The Morgan fingerprint density at radius 3 is 2.74 bits per heavy atom. The molecule has 1 aliphatic rings. The second-order valence-electron chi connectivity index (χ2n) is 5.19. The topological polar surface area (TPSA) is 27.8 Å². The van der Waals surface area contributed by atoms with Crippen molar-refractivity contribution in [3.63, 3.8) is 0 Å². The molecule has 0 radical (unpaired) electrons. The summed E-state index contributed by atoms with van der Waals surface area (Å²) < 4.78 is 0. The van der Waals surface area contributed by atoms with E-state index in [1.165, 1.54) is 27.7 Å². The minimum Gasteiger partial charge on any atom is -0.358 e. The largest absolute Gasteiger partial charge is 0.358 e. The zero-order valence-corrected chi connectivity index (χ0v) is 10.7. The lowest BCUT2D eigenvalue weighted by Crippen LogP contribution is -2.28. The minimum atomic E-state index is 0.428. The summed E-state index contributed by atoms with van der Waals surface area (Å²) in [5.41, 5.74) is 5.40. The van der Waals surface area contributed by atoms with Gasteiger partial charge in [-0.2, -0.15) is 0 Å². The van der Waals surface area contributed by atoms with Crippen LogP contribution in [0.15, 0.2) is 54.6 Å². The molecule has 2 heteroatoms. The summed E-state index contributed by atoms with van der Waals surface area (Å²) in [4.78, 5) is 3.57. The highest BCUT2D eigenvalue weighted by molar-refractivity contribution is 5.80. The quantitative estimate of drug-likeness (QED) is 0.678. The first-order chi connectivity index (χ1) is 9.42. The van der Waals surface area contributed by atoms with Gasteiger partial charge in [-0.3, -0.25) is 0 Å². The summed E-state index contributed by atoms with van der Waals surface area (Å²) >= 11 is 0. The van der Waals surface area contributed by atoms with Crippen LogP contribution in [-0.4, -0.2) is 11.5 Å². The Labute approximate surface area is 112 Å². The molecular weight excluding hydrogens is 232 g/mol. The van der Waals surface area contributed by atoms with Gasteiger partial charge in [0.25, 0.3) is 0 Å². The van der Waals surface area contributed by atoms with Crippen molar-refractivity contribution >= 4 is 10.9 Å². The zero-order chi connectivity index (χ0) is 12.7. The standard InChI is InChI=1S/C17H16N2/c1-3-7-14-13(6-1)10-18-11-15(14)17-9-12-5-2-4-8-16(12)19-17/h1-9,15,18-19H,10-11H2. The summed E-state index contributed by atoms with van der Waals surface area (Å²) in [5.74, 6) is 0.428. The van der Waals surface area contributed by atoms with Gasteiger partial charge < -0.3 is 10.3 Å². The van der Waals surface area contributed by atoms with E-state index in [9.17, 15) is 0 Å². The van der Waals surface area contributed by atoms with Crippen LogP contribution in [0.3, 0.4) is 0 Å². The van der Waals surface area contributed by atoms with Crippen molar-refractivity contribution in [2.75, 3.05) is 6.54 Å². The molecule has 1 aromatic heterocycles. The van der Waals surface area contributed by atoms with Crippen LogP contribution >= 0.6 is 0 Å². The lowest BCUT2D eigenvalue weighted by atomic mass is 9.88. The van der Waals surface area contributed by atoms with Crippen molar-refractivity contribution in [2.24, 2.45) is 0 Å². The number of H-pyrrole nitrogens is 1. The van der Waals surface area contributed by atoms with Crippen LogP contribution in [0.25, 0.3) is 10.9 Å². The maximum absolute atomic E-state index is 3.57. The minimum absolute atomic E-state index is 0.428. The van der Waals surface area contributed by atoms with E-state index in [4.69, 9.17) is 0 Å². The van der Waals surface area contributed by atoms with E-state index in [0.29, 0.717) is 5.92 Å². The van der Waals surface area contributed by atoms with Gasteiger partial charge in [-0.15, -0.1) is 0 Å². The number of hydrogen-bond donors (Lipinski definition) is 2. The summed E-state index contributed by atoms with van der Waals surface area (Å²) in [7, 11) is 0. The maximum atomic E-state index is 3.57. The Balaban J connectivity index is 1.85. The summed E-state index contributed by atoms with van der Waals surface area (Å²) in [6.45, 7) is 1.98. The molecule has 2 aromatic carbocycles. The van der Waals surface area contributed by atoms with E-state index < -0.39 is 0 Å². The number of hydrogen-bond acceptors (Lipinski definition) is 1. The van der Waals surface area contributed by atoms with Crippen LogP contribution in [0.4, 0.5) is 0 Å². The second kappa shape index (κ2) is 4.25. The Hall–Kier alpha value is -2.06. The Kier molecular flexibility index (Phi) is 2.42. The van der Waals surface area contributed by atoms with Gasteiger partial charge in [0, 0.05) is 30.2 Å². The van der Waals surface area contributed by atoms with Gasteiger partial charge in [0.05, 0.1) is 0 Å². The van der Waals surface area contributed by atoms with Crippen molar-refractivity contribution in [3.05, 3.63) is 71.4 Å². The Morgan fingerprint density at radius 2 is 1.79 bits per heavy atom. The first-order valence-electron chi connectivity index (χ1n) is 6.78. The molecule has 0 bridgehead atoms. The van der Waals surface area contributed by atoms with Gasteiger partial charge >= 0.3 is 0 Å². The number of rotatable bonds is 1. The molecule has 0 amide bonds. The molecule has 1 atom stereocenters. The number of para-hydroxylation sites is 1. The van der Waals surface area contributed by atoms with E-state index in [0.717, 1.165) is 13.1 Å². The average Bonchev–Trinajstić information content (AvgIpc) is 2.90. The predicted molar refractivity (Wildman–Crippen MR) is 78.3 cm³/mol. The number of nitrogens with one attached hydrogen (secondary N) is 2. The molecule has 2 heterocycles. The van der Waals surface area contributed by atoms with E-state index in [2.05, 4.69) is 64.9 Å². The highest BCUT2D eigenvalue weighted by Crippen LogP contribution is 2.31. The molecule has 0 spiro atoms. The fourth-order valence-corrected chi connectivity index (χ4v) is 3.06. The third-order valence-corrected chi connectivity index (χ3v) is 4.02. The lowest BCUT2D eigenvalue weighted by molar-refractivity contribution is 0.585. The number of fused-ring (bicyclic) bond motifs is 2. The molecule has 0 saturated carbocycles. The van der Waals surface area contributed by atoms with Gasteiger partial charge in [-0.1, -0.05) is 42.5 Å². The number of aromatic nitrogens is 1. The third kappa shape index (κ3) is 1.76. The fourth-order valence-electron chi connectivity index (χ4n) is 3.06. The molecule has 2 N–H and O–H groups in total. The normalized spacial score (nSPS) is 18.4. The van der Waals surface area contributed by atoms with Gasteiger partial charge in [-0.05, 0) is 28.6 Å². The Bertz CT molecular complexity index is 694. The van der Waals surface area contributed by atoms with E-state index in [-0.39, 0.29) is 0 Å². The number of aromatic amines is 1. The first-order valence-corrected chi connectivity index (χ1v) is 6.78. The molecular formula is C17H16N2. The van der Waals surface area contributed by atoms with Crippen LogP contribution in [-0.2, 0) is 6.54 Å². The second-order valence-corrected chi connectivity index (χ2v) is 5.19. The van der Waals surface area contributed by atoms with E-state index >= 15 is 0 Å². The molecule has 1 aliphatic heterocycles. The smallest absolute Gasteiger partial charge is 0.0456 e. The van der Waals surface area contributed by atoms with Crippen molar-refractivity contribution in [2.45, 2.75) is 12.5 Å². The molecule has 0 saturated heterocycles. The van der Waals surface area contributed by atoms with Gasteiger partial charge in [-0.25, -0.2) is 0 Å². The van der Waals surface area contributed by atoms with Gasteiger partial charge in [0.2, 0.25) is 0 Å². The summed E-state index contributed by atoms with van der Waals surface area (Å²) in [5, 5.41) is 4.81. The molecule has 19 heavy (non-hydrogen) atoms. The van der Waals surface area contributed by atoms with Crippen LogP contribution in [0.1, 0.15) is 22.7 Å². The number of benzene rings is 2. The van der Waals surface area contributed by atoms with Crippen LogP contribution < -0.4 is 5.32 Å². The molecule has 0 fully saturated rings. The summed E-state index contributed by atoms with van der Waals surface area (Å²) in [6, 6.07) is 19.5.